The Labute approximate surface area is 154 Å². The first kappa shape index (κ1) is 17.6. The van der Waals surface area contributed by atoms with E-state index in [4.69, 9.17) is 9.47 Å². The second-order valence-corrected chi connectivity index (χ2v) is 5.95. The molecule has 0 N–H and O–H groups in total. The molecule has 0 aliphatic carbocycles. The quantitative estimate of drug-likeness (QED) is 0.426. The lowest BCUT2D eigenvalue weighted by Crippen LogP contribution is -1.97. The van der Waals surface area contributed by atoms with Gasteiger partial charge in [0.1, 0.15) is 11.5 Å². The summed E-state index contributed by atoms with van der Waals surface area (Å²) in [5, 5.41) is 11.9. The Bertz CT molecular complexity index is 966. The van der Waals surface area contributed by atoms with Crippen molar-refractivity contribution in [2.45, 2.75) is 13.3 Å². The van der Waals surface area contributed by atoms with Crippen molar-refractivity contribution in [3.63, 3.8) is 0 Å². The Morgan fingerprint density at radius 1 is 1.04 bits per heavy atom. The van der Waals surface area contributed by atoms with Gasteiger partial charge in [0.15, 0.2) is 0 Å². The number of rotatable bonds is 6. The van der Waals surface area contributed by atoms with Crippen LogP contribution in [0.2, 0.25) is 0 Å². The second kappa shape index (κ2) is 8.22. The molecule has 0 saturated heterocycles. The maximum Gasteiger partial charge on any atom is 0.127 e. The molecule has 0 bridgehead atoms. The van der Waals surface area contributed by atoms with Crippen LogP contribution in [0.4, 0.5) is 0 Å². The van der Waals surface area contributed by atoms with Crippen LogP contribution in [-0.4, -0.2) is 13.7 Å². The minimum atomic E-state index is 0.588. The Hall–Kier alpha value is -3.25. The summed E-state index contributed by atoms with van der Waals surface area (Å²) in [5.74, 6) is 1.56. The van der Waals surface area contributed by atoms with Gasteiger partial charge in [0.05, 0.1) is 25.4 Å². The van der Waals surface area contributed by atoms with Gasteiger partial charge in [-0.25, -0.2) is 0 Å². The first-order chi connectivity index (χ1) is 12.8. The normalized spacial score (nSPS) is 11.2. The fourth-order valence-corrected chi connectivity index (χ4v) is 2.86. The van der Waals surface area contributed by atoms with E-state index in [1.54, 1.807) is 7.11 Å². The molecular weight excluding hydrogens is 322 g/mol. The van der Waals surface area contributed by atoms with E-state index >= 15 is 0 Å². The third-order valence-corrected chi connectivity index (χ3v) is 4.20. The van der Waals surface area contributed by atoms with E-state index in [0.717, 1.165) is 39.8 Å². The smallest absolute Gasteiger partial charge is 0.127 e. The molecule has 130 valence electrons. The molecule has 3 aromatic rings. The topological polar surface area (TPSA) is 42.2 Å². The highest BCUT2D eigenvalue weighted by Gasteiger charge is 2.10. The highest BCUT2D eigenvalue weighted by Crippen LogP contribution is 2.32. The highest BCUT2D eigenvalue weighted by atomic mass is 16.5. The third-order valence-electron chi connectivity index (χ3n) is 4.20. The zero-order valence-electron chi connectivity index (χ0n) is 15.0. The number of nitriles is 1. The van der Waals surface area contributed by atoms with Crippen LogP contribution in [0.3, 0.4) is 0 Å². The van der Waals surface area contributed by atoms with Crippen molar-refractivity contribution in [2.75, 3.05) is 13.7 Å². The SMILES string of the molecule is CCCOc1ccc2ccccc2c1/C=C(\C#N)c1ccc(OC)cc1. The molecule has 0 aromatic heterocycles. The van der Waals surface area contributed by atoms with Crippen molar-refractivity contribution in [1.29, 1.82) is 5.26 Å². The minimum absolute atomic E-state index is 0.588. The van der Waals surface area contributed by atoms with Crippen molar-refractivity contribution >= 4 is 22.4 Å². The fraction of sp³-hybridized carbons (Fsp3) is 0.174. The van der Waals surface area contributed by atoms with Crippen molar-refractivity contribution in [3.8, 4) is 17.6 Å². The fourth-order valence-electron chi connectivity index (χ4n) is 2.86. The summed E-state index contributed by atoms with van der Waals surface area (Å²) in [5.41, 5.74) is 2.37. The zero-order valence-corrected chi connectivity index (χ0v) is 15.0. The first-order valence-electron chi connectivity index (χ1n) is 8.67. The lowest BCUT2D eigenvalue weighted by Gasteiger charge is -2.12. The molecule has 0 radical (unpaired) electrons. The molecule has 0 heterocycles. The molecule has 3 aromatic carbocycles. The molecule has 0 unspecified atom stereocenters. The van der Waals surface area contributed by atoms with Crippen LogP contribution >= 0.6 is 0 Å². The zero-order chi connectivity index (χ0) is 18.4. The lowest BCUT2D eigenvalue weighted by molar-refractivity contribution is 0.317. The Balaban J connectivity index is 2.14. The second-order valence-electron chi connectivity index (χ2n) is 5.95. The summed E-state index contributed by atoms with van der Waals surface area (Å²) in [7, 11) is 1.63. The average molecular weight is 343 g/mol. The Morgan fingerprint density at radius 2 is 1.81 bits per heavy atom. The molecule has 26 heavy (non-hydrogen) atoms. The maximum atomic E-state index is 9.72. The maximum absolute atomic E-state index is 9.72. The largest absolute Gasteiger partial charge is 0.497 e. The number of hydrogen-bond acceptors (Lipinski definition) is 3. The van der Waals surface area contributed by atoms with Crippen molar-refractivity contribution in [1.82, 2.24) is 0 Å². The molecule has 0 amide bonds. The number of methoxy groups -OCH3 is 1. The lowest BCUT2D eigenvalue weighted by atomic mass is 9.98. The van der Waals surface area contributed by atoms with Gasteiger partial charge in [-0.05, 0) is 59.2 Å². The number of hydrogen-bond donors (Lipinski definition) is 0. The van der Waals surface area contributed by atoms with Crippen LogP contribution < -0.4 is 9.47 Å². The van der Waals surface area contributed by atoms with Gasteiger partial charge >= 0.3 is 0 Å². The minimum Gasteiger partial charge on any atom is -0.497 e. The van der Waals surface area contributed by atoms with Crippen LogP contribution in [0.5, 0.6) is 11.5 Å². The van der Waals surface area contributed by atoms with Crippen molar-refractivity contribution < 1.29 is 9.47 Å². The molecule has 0 fully saturated rings. The number of nitrogens with zero attached hydrogens (tertiary/aromatic N) is 1. The van der Waals surface area contributed by atoms with E-state index in [9.17, 15) is 5.26 Å². The van der Waals surface area contributed by atoms with Gasteiger partial charge < -0.3 is 9.47 Å². The van der Waals surface area contributed by atoms with Gasteiger partial charge in [-0.1, -0.05) is 37.3 Å². The van der Waals surface area contributed by atoms with Crippen molar-refractivity contribution in [2.24, 2.45) is 0 Å². The summed E-state index contributed by atoms with van der Waals surface area (Å²) < 4.78 is 11.1. The van der Waals surface area contributed by atoms with E-state index in [0.29, 0.717) is 12.2 Å². The molecule has 3 heteroatoms. The monoisotopic (exact) mass is 343 g/mol. The Morgan fingerprint density at radius 3 is 2.50 bits per heavy atom. The van der Waals surface area contributed by atoms with E-state index in [1.807, 2.05) is 48.5 Å². The van der Waals surface area contributed by atoms with Crippen LogP contribution in [-0.2, 0) is 0 Å². The molecule has 0 spiro atoms. The number of allylic oxidation sites excluding steroid dienone is 1. The number of benzene rings is 3. The average Bonchev–Trinajstić information content (AvgIpc) is 2.71. The molecular formula is C23H21NO2. The first-order valence-corrected chi connectivity index (χ1v) is 8.67. The molecule has 0 aliphatic rings. The molecule has 3 nitrogen and oxygen atoms in total. The van der Waals surface area contributed by atoms with Crippen LogP contribution in [0.25, 0.3) is 22.4 Å². The van der Waals surface area contributed by atoms with Crippen LogP contribution in [0, 0.1) is 11.3 Å². The van der Waals surface area contributed by atoms with E-state index in [2.05, 4.69) is 31.2 Å². The van der Waals surface area contributed by atoms with Gasteiger partial charge in [-0.2, -0.15) is 5.26 Å². The van der Waals surface area contributed by atoms with Crippen LogP contribution in [0.15, 0.2) is 60.7 Å². The van der Waals surface area contributed by atoms with Crippen molar-refractivity contribution in [3.05, 3.63) is 71.8 Å². The molecule has 0 saturated carbocycles. The summed E-state index contributed by atoms with van der Waals surface area (Å²) >= 11 is 0. The molecule has 3 rings (SSSR count). The van der Waals surface area contributed by atoms with Crippen LogP contribution in [0.1, 0.15) is 24.5 Å². The van der Waals surface area contributed by atoms with Gasteiger partial charge in [0, 0.05) is 5.56 Å². The van der Waals surface area contributed by atoms with Gasteiger partial charge in [0.25, 0.3) is 0 Å². The van der Waals surface area contributed by atoms with Gasteiger partial charge in [-0.15, -0.1) is 0 Å². The summed E-state index contributed by atoms with van der Waals surface area (Å²) in [6, 6.07) is 22.0. The number of fused-ring (bicyclic) bond motifs is 1. The predicted molar refractivity (Wildman–Crippen MR) is 106 cm³/mol. The standard InChI is InChI=1S/C23H21NO2/c1-3-14-26-23-13-10-18-6-4-5-7-21(18)22(23)15-19(16-24)17-8-11-20(25-2)12-9-17/h4-13,15H,3,14H2,1-2H3/b19-15+. The van der Waals surface area contributed by atoms with Gasteiger partial charge in [0.2, 0.25) is 0 Å². The molecule has 0 aliphatic heterocycles. The number of ether oxygens (including phenoxy) is 2. The van der Waals surface area contributed by atoms with E-state index < -0.39 is 0 Å². The third kappa shape index (κ3) is 3.70. The summed E-state index contributed by atoms with van der Waals surface area (Å²) in [6.07, 6.45) is 2.84. The predicted octanol–water partition coefficient (Wildman–Crippen LogP) is 5.70. The summed E-state index contributed by atoms with van der Waals surface area (Å²) in [4.78, 5) is 0. The summed E-state index contributed by atoms with van der Waals surface area (Å²) in [6.45, 7) is 2.72. The Kier molecular flexibility index (Phi) is 5.56. The van der Waals surface area contributed by atoms with Gasteiger partial charge in [-0.3, -0.25) is 0 Å². The van der Waals surface area contributed by atoms with E-state index in [-0.39, 0.29) is 0 Å². The highest BCUT2D eigenvalue weighted by molar-refractivity contribution is 6.00. The van der Waals surface area contributed by atoms with E-state index in [1.165, 1.54) is 0 Å². The molecule has 0 atom stereocenters.